The van der Waals surface area contributed by atoms with E-state index < -0.39 is 5.91 Å². The molecule has 1 aromatic rings. The van der Waals surface area contributed by atoms with E-state index in [4.69, 9.17) is 10.3 Å². The molecule has 5 heteroatoms. The van der Waals surface area contributed by atoms with Gasteiger partial charge >= 0.3 is 5.91 Å². The van der Waals surface area contributed by atoms with E-state index in [-0.39, 0.29) is 5.76 Å². The van der Waals surface area contributed by atoms with Gasteiger partial charge in [0.2, 0.25) is 0 Å². The molecule has 0 unspecified atom stereocenters. The third-order valence-corrected chi connectivity index (χ3v) is 2.29. The monoisotopic (exact) mass is 211 g/mol. The van der Waals surface area contributed by atoms with E-state index in [0.29, 0.717) is 6.54 Å². The molecule has 0 radical (unpaired) electrons. The number of hydrogen-bond donors (Lipinski definition) is 2. The topological polar surface area (TPSA) is 71.5 Å². The quantitative estimate of drug-likeness (QED) is 0.428. The largest absolute Gasteiger partial charge is 0.455 e. The third-order valence-electron chi connectivity index (χ3n) is 2.29. The number of nitrogens with two attached hydrogens (primary N) is 1. The van der Waals surface area contributed by atoms with Gasteiger partial charge in [0.25, 0.3) is 0 Å². The fourth-order valence-electron chi connectivity index (χ4n) is 1.32. The molecule has 1 rings (SSSR count). The van der Waals surface area contributed by atoms with Crippen LogP contribution >= 0.6 is 0 Å². The molecule has 1 aromatic heterocycles. The van der Waals surface area contributed by atoms with Gasteiger partial charge < -0.3 is 4.42 Å². The summed E-state index contributed by atoms with van der Waals surface area (Å²) in [6.07, 6.45) is 0. The number of nitrogens with one attached hydrogen (secondary N) is 1. The predicted octanol–water partition coefficient (Wildman–Crippen LogP) is 0.725. The number of nitrogen functional groups attached to an aromatic ring is 1. The van der Waals surface area contributed by atoms with Crippen molar-refractivity contribution in [2.45, 2.75) is 20.4 Å². The molecule has 15 heavy (non-hydrogen) atoms. The molecule has 0 aliphatic rings. The standard InChI is InChI=1S/C10H17N3O2/c1-3-13(4-2)7-8-5-6-9(15-8)10(14)12-11/h5-6H,3-4,7,11H2,1-2H3,(H,12,14). The molecule has 0 saturated heterocycles. The van der Waals surface area contributed by atoms with Crippen molar-refractivity contribution in [1.82, 2.24) is 10.3 Å². The highest BCUT2D eigenvalue weighted by Crippen LogP contribution is 2.10. The number of nitrogens with zero attached hydrogens (tertiary/aromatic N) is 1. The Kier molecular flexibility index (Phi) is 4.33. The molecule has 0 fully saturated rings. The van der Waals surface area contributed by atoms with Crippen LogP contribution in [0.2, 0.25) is 0 Å². The SMILES string of the molecule is CCN(CC)Cc1ccc(C(=O)NN)o1. The van der Waals surface area contributed by atoms with Crippen LogP contribution in [-0.2, 0) is 6.54 Å². The van der Waals surface area contributed by atoms with Gasteiger partial charge in [-0.25, -0.2) is 5.84 Å². The summed E-state index contributed by atoms with van der Waals surface area (Å²) in [5.41, 5.74) is 2.03. The maximum absolute atomic E-state index is 11.1. The van der Waals surface area contributed by atoms with Crippen LogP contribution in [0, 0.1) is 0 Å². The van der Waals surface area contributed by atoms with Gasteiger partial charge in [-0.05, 0) is 25.2 Å². The van der Waals surface area contributed by atoms with Crippen LogP contribution in [0.5, 0.6) is 0 Å². The van der Waals surface area contributed by atoms with Gasteiger partial charge in [-0.15, -0.1) is 0 Å². The average Bonchev–Trinajstić information content (AvgIpc) is 2.73. The fraction of sp³-hybridized carbons (Fsp3) is 0.500. The van der Waals surface area contributed by atoms with Gasteiger partial charge in [0.05, 0.1) is 6.54 Å². The van der Waals surface area contributed by atoms with Crippen molar-refractivity contribution >= 4 is 5.91 Å². The van der Waals surface area contributed by atoms with E-state index in [2.05, 4.69) is 18.7 Å². The molecule has 1 amide bonds. The van der Waals surface area contributed by atoms with Crippen molar-refractivity contribution in [1.29, 1.82) is 0 Å². The van der Waals surface area contributed by atoms with Crippen LogP contribution in [0.1, 0.15) is 30.2 Å². The van der Waals surface area contributed by atoms with Crippen LogP contribution in [0.3, 0.4) is 0 Å². The zero-order chi connectivity index (χ0) is 11.3. The second kappa shape index (κ2) is 5.53. The Hall–Kier alpha value is -1.33. The second-order valence-electron chi connectivity index (χ2n) is 3.20. The first-order valence-corrected chi connectivity index (χ1v) is 5.03. The van der Waals surface area contributed by atoms with E-state index in [0.717, 1.165) is 18.8 Å². The zero-order valence-corrected chi connectivity index (χ0v) is 9.12. The maximum Gasteiger partial charge on any atom is 0.300 e. The summed E-state index contributed by atoms with van der Waals surface area (Å²) < 4.78 is 5.34. The molecule has 0 saturated carbocycles. The molecule has 5 nitrogen and oxygen atoms in total. The van der Waals surface area contributed by atoms with Gasteiger partial charge in [-0.3, -0.25) is 15.1 Å². The summed E-state index contributed by atoms with van der Waals surface area (Å²) in [4.78, 5) is 13.3. The molecule has 3 N–H and O–H groups in total. The van der Waals surface area contributed by atoms with Crippen molar-refractivity contribution in [2.24, 2.45) is 5.84 Å². The van der Waals surface area contributed by atoms with Crippen molar-refractivity contribution in [3.05, 3.63) is 23.7 Å². The predicted molar refractivity (Wildman–Crippen MR) is 57.0 cm³/mol. The molecule has 84 valence electrons. The molecular weight excluding hydrogens is 194 g/mol. The van der Waals surface area contributed by atoms with Crippen LogP contribution in [0.15, 0.2) is 16.5 Å². The summed E-state index contributed by atoms with van der Waals surface area (Å²) in [7, 11) is 0. The number of amides is 1. The zero-order valence-electron chi connectivity index (χ0n) is 9.12. The maximum atomic E-state index is 11.1. The Morgan fingerprint density at radius 1 is 1.47 bits per heavy atom. The Labute approximate surface area is 89.2 Å². The minimum absolute atomic E-state index is 0.250. The minimum atomic E-state index is -0.402. The number of carbonyl (C=O) groups excluding carboxylic acids is 1. The number of rotatable bonds is 5. The summed E-state index contributed by atoms with van der Waals surface area (Å²) in [5.74, 6) is 5.62. The molecule has 0 bridgehead atoms. The number of hydrazine groups is 1. The Balaban J connectivity index is 2.63. The first-order chi connectivity index (χ1) is 7.21. The van der Waals surface area contributed by atoms with Crippen LogP contribution in [0.4, 0.5) is 0 Å². The van der Waals surface area contributed by atoms with Crippen LogP contribution < -0.4 is 11.3 Å². The van der Waals surface area contributed by atoms with Crippen molar-refractivity contribution in [3.8, 4) is 0 Å². The molecule has 0 spiro atoms. The lowest BCUT2D eigenvalue weighted by Gasteiger charge is -2.15. The lowest BCUT2D eigenvalue weighted by atomic mass is 10.4. The van der Waals surface area contributed by atoms with Gasteiger partial charge in [0, 0.05) is 0 Å². The Bertz CT molecular complexity index is 318. The number of hydrogen-bond acceptors (Lipinski definition) is 4. The van der Waals surface area contributed by atoms with Crippen LogP contribution in [-0.4, -0.2) is 23.9 Å². The van der Waals surface area contributed by atoms with E-state index >= 15 is 0 Å². The normalized spacial score (nSPS) is 10.7. The van der Waals surface area contributed by atoms with Crippen molar-refractivity contribution < 1.29 is 9.21 Å². The number of furan rings is 1. The third kappa shape index (κ3) is 3.07. The molecular formula is C10H17N3O2. The van der Waals surface area contributed by atoms with E-state index in [9.17, 15) is 4.79 Å². The highest BCUT2D eigenvalue weighted by Gasteiger charge is 2.10. The van der Waals surface area contributed by atoms with E-state index in [1.807, 2.05) is 5.43 Å². The first kappa shape index (κ1) is 11.7. The average molecular weight is 211 g/mol. The summed E-state index contributed by atoms with van der Waals surface area (Å²) in [6, 6.07) is 3.42. The Morgan fingerprint density at radius 3 is 2.67 bits per heavy atom. The van der Waals surface area contributed by atoms with Gasteiger partial charge in [0.1, 0.15) is 5.76 Å². The van der Waals surface area contributed by atoms with Crippen molar-refractivity contribution in [2.75, 3.05) is 13.1 Å². The summed E-state index contributed by atoms with van der Waals surface area (Å²) in [6.45, 7) is 6.79. The second-order valence-corrected chi connectivity index (χ2v) is 3.20. The molecule has 0 atom stereocenters. The van der Waals surface area contributed by atoms with Crippen LogP contribution in [0.25, 0.3) is 0 Å². The fourth-order valence-corrected chi connectivity index (χ4v) is 1.32. The number of carbonyl (C=O) groups is 1. The minimum Gasteiger partial charge on any atom is -0.455 e. The highest BCUT2D eigenvalue weighted by atomic mass is 16.4. The molecule has 1 heterocycles. The first-order valence-electron chi connectivity index (χ1n) is 5.03. The summed E-state index contributed by atoms with van der Waals surface area (Å²) in [5, 5.41) is 0. The van der Waals surface area contributed by atoms with Gasteiger partial charge in [-0.2, -0.15) is 0 Å². The molecule has 0 aliphatic heterocycles. The molecule has 0 aliphatic carbocycles. The smallest absolute Gasteiger partial charge is 0.300 e. The van der Waals surface area contributed by atoms with E-state index in [1.165, 1.54) is 0 Å². The summed E-state index contributed by atoms with van der Waals surface area (Å²) >= 11 is 0. The lowest BCUT2D eigenvalue weighted by Crippen LogP contribution is -2.29. The van der Waals surface area contributed by atoms with Crippen molar-refractivity contribution in [3.63, 3.8) is 0 Å². The van der Waals surface area contributed by atoms with E-state index in [1.54, 1.807) is 12.1 Å². The van der Waals surface area contributed by atoms with Gasteiger partial charge in [0.15, 0.2) is 5.76 Å². The Morgan fingerprint density at radius 2 is 2.13 bits per heavy atom. The van der Waals surface area contributed by atoms with Gasteiger partial charge in [-0.1, -0.05) is 13.8 Å². The lowest BCUT2D eigenvalue weighted by molar-refractivity contribution is 0.0922. The highest BCUT2D eigenvalue weighted by molar-refractivity contribution is 5.90. The molecule has 0 aromatic carbocycles.